The van der Waals surface area contributed by atoms with Crippen LogP contribution in [0.15, 0.2) is 36.0 Å². The second-order valence-electron chi connectivity index (χ2n) is 8.22. The van der Waals surface area contributed by atoms with E-state index in [0.29, 0.717) is 13.1 Å². The third-order valence-corrected chi connectivity index (χ3v) is 4.48. The predicted molar refractivity (Wildman–Crippen MR) is 117 cm³/mol. The van der Waals surface area contributed by atoms with Crippen LogP contribution in [-0.2, 0) is 4.74 Å². The quantitative estimate of drug-likeness (QED) is 0.317. The molecule has 0 aliphatic carbocycles. The highest BCUT2D eigenvalue weighted by molar-refractivity contribution is 5.68. The number of unbranched alkanes of at least 4 members (excludes halogenated alkanes) is 1. The Morgan fingerprint density at radius 1 is 1.00 bits per heavy atom. The molecule has 0 atom stereocenters. The van der Waals surface area contributed by atoms with Gasteiger partial charge in [-0.05, 0) is 79.5 Å². The maximum Gasteiger partial charge on any atom is 0.410 e. The minimum Gasteiger partial charge on any atom is -0.444 e. The predicted octanol–water partition coefficient (Wildman–Crippen LogP) is 5.81. The monoisotopic (exact) mass is 378 g/mol. The molecule has 0 heterocycles. The van der Waals surface area contributed by atoms with Crippen molar-refractivity contribution in [2.45, 2.75) is 73.3 Å². The van der Waals surface area contributed by atoms with Gasteiger partial charge >= 0.3 is 6.09 Å². The van der Waals surface area contributed by atoms with Crippen molar-refractivity contribution < 1.29 is 9.53 Å². The summed E-state index contributed by atoms with van der Waals surface area (Å²) in [6, 6.07) is 0. The second kappa shape index (κ2) is 12.8. The molecule has 0 bridgehead atoms. The van der Waals surface area contributed by atoms with Crippen molar-refractivity contribution in [3.8, 4) is 0 Å². The molecule has 0 radical (unpaired) electrons. The highest BCUT2D eigenvalue weighted by Gasteiger charge is 2.21. The van der Waals surface area contributed by atoms with E-state index in [9.17, 15) is 4.79 Å². The van der Waals surface area contributed by atoms with Crippen molar-refractivity contribution >= 4 is 6.09 Å². The van der Waals surface area contributed by atoms with E-state index in [2.05, 4.69) is 38.0 Å². The summed E-state index contributed by atoms with van der Waals surface area (Å²) in [5.74, 6) is 0. The van der Waals surface area contributed by atoms with Crippen LogP contribution in [0.25, 0.3) is 0 Å². The molecule has 0 N–H and O–H groups in total. The Balaban J connectivity index is 4.27. The van der Waals surface area contributed by atoms with E-state index in [-0.39, 0.29) is 6.09 Å². The van der Waals surface area contributed by atoms with Gasteiger partial charge in [-0.2, -0.15) is 0 Å². The van der Waals surface area contributed by atoms with Gasteiger partial charge in [-0.25, -0.2) is 4.79 Å². The average molecular weight is 379 g/mol. The molecule has 0 aromatic carbocycles. The van der Waals surface area contributed by atoms with Crippen LogP contribution in [0.5, 0.6) is 0 Å². The standard InChI is InChI=1S/C23H42N2O2/c1-10-24(15-13-12-14-20(5)18-21(6)19(3)4)16-17-25(11-2)22(26)27-23(7,8)9/h18H,3,5,10-17H2,1-2,4,6-9H3/b21-18+. The first kappa shape index (κ1) is 25.4. The van der Waals surface area contributed by atoms with Gasteiger partial charge < -0.3 is 14.5 Å². The molecule has 0 rings (SSSR count). The first-order chi connectivity index (χ1) is 12.5. The Hall–Kier alpha value is -1.55. The fourth-order valence-corrected chi connectivity index (χ4v) is 2.58. The fraction of sp³-hybridized carbons (Fsp3) is 0.696. The minimum absolute atomic E-state index is 0.225. The summed E-state index contributed by atoms with van der Waals surface area (Å²) in [5, 5.41) is 0. The van der Waals surface area contributed by atoms with E-state index in [1.165, 1.54) is 11.1 Å². The number of allylic oxidation sites excluding steroid dienone is 4. The Kier molecular flexibility index (Phi) is 12.0. The zero-order chi connectivity index (χ0) is 21.0. The van der Waals surface area contributed by atoms with Crippen LogP contribution in [0, 0.1) is 0 Å². The number of hydrogen-bond donors (Lipinski definition) is 0. The average Bonchev–Trinajstić information content (AvgIpc) is 2.55. The number of carbonyl (C=O) groups excluding carboxylic acids is 1. The number of ether oxygens (including phenoxy) is 1. The summed E-state index contributed by atoms with van der Waals surface area (Å²) in [7, 11) is 0. The molecule has 1 amide bonds. The molecular weight excluding hydrogens is 336 g/mol. The van der Waals surface area contributed by atoms with Gasteiger partial charge in [0.25, 0.3) is 0 Å². The van der Waals surface area contributed by atoms with Crippen molar-refractivity contribution in [1.29, 1.82) is 0 Å². The van der Waals surface area contributed by atoms with Crippen LogP contribution < -0.4 is 0 Å². The lowest BCUT2D eigenvalue weighted by molar-refractivity contribution is 0.0243. The highest BCUT2D eigenvalue weighted by Crippen LogP contribution is 2.14. The Morgan fingerprint density at radius 3 is 2.11 bits per heavy atom. The molecule has 0 aromatic heterocycles. The second-order valence-corrected chi connectivity index (χ2v) is 8.22. The van der Waals surface area contributed by atoms with Crippen LogP contribution in [0.1, 0.15) is 67.7 Å². The first-order valence-corrected chi connectivity index (χ1v) is 10.2. The van der Waals surface area contributed by atoms with Gasteiger partial charge in [0.1, 0.15) is 5.60 Å². The molecule has 0 unspecified atom stereocenters. The molecule has 27 heavy (non-hydrogen) atoms. The van der Waals surface area contributed by atoms with Gasteiger partial charge in [0.2, 0.25) is 0 Å². The molecular formula is C23H42N2O2. The van der Waals surface area contributed by atoms with E-state index >= 15 is 0 Å². The van der Waals surface area contributed by atoms with Crippen LogP contribution >= 0.6 is 0 Å². The van der Waals surface area contributed by atoms with Crippen LogP contribution in [0.2, 0.25) is 0 Å². The SMILES string of the molecule is C=C(/C=C(\C)C(=C)C)CCCCN(CC)CCN(CC)C(=O)OC(C)(C)C. The normalized spacial score (nSPS) is 12.2. The van der Waals surface area contributed by atoms with Gasteiger partial charge in [0.15, 0.2) is 0 Å². The van der Waals surface area contributed by atoms with E-state index in [4.69, 9.17) is 4.74 Å². The smallest absolute Gasteiger partial charge is 0.410 e. The van der Waals surface area contributed by atoms with Crippen LogP contribution in [-0.4, -0.2) is 54.2 Å². The molecule has 0 aliphatic rings. The zero-order valence-electron chi connectivity index (χ0n) is 18.9. The third kappa shape index (κ3) is 12.5. The van der Waals surface area contributed by atoms with E-state index in [0.717, 1.165) is 44.5 Å². The van der Waals surface area contributed by atoms with E-state index < -0.39 is 5.60 Å². The Bertz CT molecular complexity index is 515. The molecule has 156 valence electrons. The van der Waals surface area contributed by atoms with Crippen molar-refractivity contribution in [3.05, 3.63) is 36.0 Å². The van der Waals surface area contributed by atoms with Crippen molar-refractivity contribution in [2.24, 2.45) is 0 Å². The Labute approximate surface area is 167 Å². The number of amides is 1. The molecule has 4 nitrogen and oxygen atoms in total. The van der Waals surface area contributed by atoms with Crippen LogP contribution in [0.3, 0.4) is 0 Å². The van der Waals surface area contributed by atoms with Crippen molar-refractivity contribution in [1.82, 2.24) is 9.80 Å². The van der Waals surface area contributed by atoms with Crippen molar-refractivity contribution in [3.63, 3.8) is 0 Å². The molecule has 0 aliphatic heterocycles. The lowest BCUT2D eigenvalue weighted by Crippen LogP contribution is -2.41. The number of carbonyl (C=O) groups is 1. The third-order valence-electron chi connectivity index (χ3n) is 4.48. The maximum atomic E-state index is 12.2. The molecule has 4 heteroatoms. The lowest BCUT2D eigenvalue weighted by atomic mass is 10.0. The summed E-state index contributed by atoms with van der Waals surface area (Å²) < 4.78 is 5.48. The summed E-state index contributed by atoms with van der Waals surface area (Å²) in [6.45, 7) is 26.3. The number of nitrogens with zero attached hydrogens (tertiary/aromatic N) is 2. The number of hydrogen-bond acceptors (Lipinski definition) is 3. The van der Waals surface area contributed by atoms with Gasteiger partial charge in [-0.15, -0.1) is 0 Å². The van der Waals surface area contributed by atoms with E-state index in [1.807, 2.05) is 34.6 Å². The highest BCUT2D eigenvalue weighted by atomic mass is 16.6. The maximum absolute atomic E-state index is 12.2. The lowest BCUT2D eigenvalue weighted by Gasteiger charge is -2.29. The van der Waals surface area contributed by atoms with Crippen LogP contribution in [0.4, 0.5) is 4.79 Å². The molecule has 0 fully saturated rings. The summed E-state index contributed by atoms with van der Waals surface area (Å²) >= 11 is 0. The van der Waals surface area contributed by atoms with Gasteiger partial charge in [-0.3, -0.25) is 0 Å². The molecule has 0 aromatic rings. The van der Waals surface area contributed by atoms with Gasteiger partial charge in [-0.1, -0.05) is 37.3 Å². The van der Waals surface area contributed by atoms with E-state index in [1.54, 1.807) is 4.90 Å². The van der Waals surface area contributed by atoms with Gasteiger partial charge in [0, 0.05) is 19.6 Å². The number of likely N-dealkylation sites (N-methyl/N-ethyl adjacent to an activating group) is 2. The molecule has 0 saturated heterocycles. The zero-order valence-corrected chi connectivity index (χ0v) is 18.9. The van der Waals surface area contributed by atoms with Gasteiger partial charge in [0.05, 0.1) is 0 Å². The Morgan fingerprint density at radius 2 is 1.63 bits per heavy atom. The topological polar surface area (TPSA) is 32.8 Å². The summed E-state index contributed by atoms with van der Waals surface area (Å²) in [5.41, 5.74) is 3.02. The van der Waals surface area contributed by atoms with Crippen molar-refractivity contribution in [2.75, 3.05) is 32.7 Å². The summed E-state index contributed by atoms with van der Waals surface area (Å²) in [6.07, 6.45) is 5.18. The number of rotatable bonds is 12. The fourth-order valence-electron chi connectivity index (χ4n) is 2.58. The minimum atomic E-state index is -0.450. The molecule has 0 spiro atoms. The summed E-state index contributed by atoms with van der Waals surface area (Å²) in [4.78, 5) is 16.4. The first-order valence-electron chi connectivity index (χ1n) is 10.2. The molecule has 0 saturated carbocycles. The largest absolute Gasteiger partial charge is 0.444 e.